The molecule has 27 heavy (non-hydrogen) atoms. The number of methoxy groups -OCH3 is 1. The number of hydrogen-bond acceptors (Lipinski definition) is 4. The Morgan fingerprint density at radius 1 is 1.30 bits per heavy atom. The summed E-state index contributed by atoms with van der Waals surface area (Å²) >= 11 is 6.37. The van der Waals surface area contributed by atoms with E-state index in [0.29, 0.717) is 16.9 Å². The average molecular weight is 394 g/mol. The molecule has 1 aromatic heterocycles. The maximum atomic E-state index is 13.1. The van der Waals surface area contributed by atoms with E-state index in [2.05, 4.69) is 10.4 Å². The SMILES string of the molecule is COC(=O)C(NC(=O)/C=C/c1c(C)nn(-c2ccc(F)cc2)c1Cl)C(C)C. The second kappa shape index (κ2) is 8.81. The number of halogens is 2. The minimum absolute atomic E-state index is 0.124. The molecule has 0 aliphatic carbocycles. The number of nitrogens with zero attached hydrogens (tertiary/aromatic N) is 2. The van der Waals surface area contributed by atoms with Crippen LogP contribution in [0.4, 0.5) is 4.39 Å². The molecule has 0 spiro atoms. The van der Waals surface area contributed by atoms with Crippen molar-refractivity contribution in [3.63, 3.8) is 0 Å². The standard InChI is InChI=1S/C19H21ClFN3O3/c1-11(2)17(19(26)27-4)22-16(25)10-9-15-12(3)23-24(18(15)20)14-7-5-13(21)6-8-14/h5-11,17H,1-4H3,(H,22,25)/b10-9+. The lowest BCUT2D eigenvalue weighted by Gasteiger charge is -2.18. The second-order valence-corrected chi connectivity index (χ2v) is 6.62. The molecule has 0 fully saturated rings. The number of carbonyl (C=O) groups excluding carboxylic acids is 2. The lowest BCUT2D eigenvalue weighted by molar-refractivity contribution is -0.145. The summed E-state index contributed by atoms with van der Waals surface area (Å²) in [6, 6.07) is 4.98. The number of ether oxygens (including phenoxy) is 1. The Hall–Kier alpha value is -2.67. The van der Waals surface area contributed by atoms with E-state index >= 15 is 0 Å². The van der Waals surface area contributed by atoms with Crippen LogP contribution in [0.1, 0.15) is 25.1 Å². The highest BCUT2D eigenvalue weighted by atomic mass is 35.5. The Morgan fingerprint density at radius 3 is 2.48 bits per heavy atom. The van der Waals surface area contributed by atoms with Gasteiger partial charge in [0.05, 0.1) is 18.5 Å². The minimum Gasteiger partial charge on any atom is -0.467 e. The number of esters is 1. The summed E-state index contributed by atoms with van der Waals surface area (Å²) in [7, 11) is 1.27. The summed E-state index contributed by atoms with van der Waals surface area (Å²) in [6.45, 7) is 5.35. The van der Waals surface area contributed by atoms with Gasteiger partial charge in [-0.3, -0.25) is 4.79 Å². The molecule has 0 aliphatic rings. The van der Waals surface area contributed by atoms with Crippen LogP contribution in [0.25, 0.3) is 11.8 Å². The first-order valence-corrected chi connectivity index (χ1v) is 8.69. The predicted molar refractivity (Wildman–Crippen MR) is 101 cm³/mol. The predicted octanol–water partition coefficient (Wildman–Crippen LogP) is 3.30. The zero-order valence-electron chi connectivity index (χ0n) is 15.5. The second-order valence-electron chi connectivity index (χ2n) is 6.26. The fourth-order valence-corrected chi connectivity index (χ4v) is 2.77. The summed E-state index contributed by atoms with van der Waals surface area (Å²) in [4.78, 5) is 23.9. The van der Waals surface area contributed by atoms with E-state index in [1.165, 1.54) is 36.1 Å². The highest BCUT2D eigenvalue weighted by molar-refractivity contribution is 6.31. The molecular weight excluding hydrogens is 373 g/mol. The van der Waals surface area contributed by atoms with Crippen LogP contribution < -0.4 is 5.32 Å². The van der Waals surface area contributed by atoms with Gasteiger partial charge in [-0.15, -0.1) is 0 Å². The van der Waals surface area contributed by atoms with Crippen LogP contribution in [0.2, 0.25) is 5.15 Å². The Kier molecular flexibility index (Phi) is 6.74. The molecule has 0 saturated heterocycles. The zero-order chi connectivity index (χ0) is 20.1. The Labute approximate surface area is 162 Å². The summed E-state index contributed by atoms with van der Waals surface area (Å²) in [5.41, 5.74) is 1.75. The first-order valence-electron chi connectivity index (χ1n) is 8.32. The average Bonchev–Trinajstić information content (AvgIpc) is 2.91. The van der Waals surface area contributed by atoms with E-state index < -0.39 is 17.9 Å². The molecule has 144 valence electrons. The molecule has 1 N–H and O–H groups in total. The van der Waals surface area contributed by atoms with Crippen molar-refractivity contribution in [2.45, 2.75) is 26.8 Å². The molecule has 1 atom stereocenters. The number of carbonyl (C=O) groups is 2. The van der Waals surface area contributed by atoms with Crippen molar-refractivity contribution in [3.05, 3.63) is 52.6 Å². The summed E-state index contributed by atoms with van der Waals surface area (Å²) < 4.78 is 19.2. The molecule has 2 aromatic rings. The molecule has 0 saturated carbocycles. The van der Waals surface area contributed by atoms with Crippen LogP contribution in [-0.4, -0.2) is 34.8 Å². The lowest BCUT2D eigenvalue weighted by Crippen LogP contribution is -2.44. The van der Waals surface area contributed by atoms with E-state index in [1.807, 2.05) is 0 Å². The topological polar surface area (TPSA) is 73.2 Å². The van der Waals surface area contributed by atoms with Crippen LogP contribution in [0.5, 0.6) is 0 Å². The van der Waals surface area contributed by atoms with Crippen molar-refractivity contribution >= 4 is 29.6 Å². The Balaban J connectivity index is 2.20. The van der Waals surface area contributed by atoms with Crippen LogP contribution in [0.3, 0.4) is 0 Å². The van der Waals surface area contributed by atoms with Crippen molar-refractivity contribution < 1.29 is 18.7 Å². The van der Waals surface area contributed by atoms with Crippen molar-refractivity contribution in [1.29, 1.82) is 0 Å². The molecule has 1 heterocycles. The molecule has 8 heteroatoms. The van der Waals surface area contributed by atoms with Crippen molar-refractivity contribution in [1.82, 2.24) is 15.1 Å². The third-order valence-electron chi connectivity index (χ3n) is 3.94. The van der Waals surface area contributed by atoms with Gasteiger partial charge in [0, 0.05) is 11.6 Å². The Bertz CT molecular complexity index is 860. The van der Waals surface area contributed by atoms with Gasteiger partial charge in [-0.1, -0.05) is 25.4 Å². The first kappa shape index (κ1) is 20.6. The summed E-state index contributed by atoms with van der Waals surface area (Å²) in [5, 5.41) is 7.22. The van der Waals surface area contributed by atoms with Gasteiger partial charge in [0.25, 0.3) is 0 Å². The Morgan fingerprint density at radius 2 is 1.93 bits per heavy atom. The van der Waals surface area contributed by atoms with Crippen molar-refractivity contribution in [2.75, 3.05) is 7.11 Å². The number of benzene rings is 1. The fraction of sp³-hybridized carbons (Fsp3) is 0.316. The molecule has 1 amide bonds. The minimum atomic E-state index is -0.745. The van der Waals surface area contributed by atoms with Gasteiger partial charge in [0.15, 0.2) is 0 Å². The highest BCUT2D eigenvalue weighted by Crippen LogP contribution is 2.24. The van der Waals surface area contributed by atoms with E-state index in [0.717, 1.165) is 0 Å². The largest absolute Gasteiger partial charge is 0.467 e. The molecule has 0 radical (unpaired) electrons. The molecule has 1 aromatic carbocycles. The van der Waals surface area contributed by atoms with Crippen molar-refractivity contribution in [2.24, 2.45) is 5.92 Å². The van der Waals surface area contributed by atoms with Gasteiger partial charge in [0.2, 0.25) is 5.91 Å². The molecule has 6 nitrogen and oxygen atoms in total. The van der Waals surface area contributed by atoms with Gasteiger partial charge in [-0.2, -0.15) is 5.10 Å². The van der Waals surface area contributed by atoms with Crippen LogP contribution in [-0.2, 0) is 14.3 Å². The lowest BCUT2D eigenvalue weighted by atomic mass is 10.0. The fourth-order valence-electron chi connectivity index (χ4n) is 2.44. The third-order valence-corrected chi connectivity index (χ3v) is 4.30. The summed E-state index contributed by atoms with van der Waals surface area (Å²) in [5.74, 6) is -1.45. The molecule has 0 bridgehead atoms. The van der Waals surface area contributed by atoms with Crippen molar-refractivity contribution in [3.8, 4) is 5.69 Å². The van der Waals surface area contributed by atoms with E-state index in [1.54, 1.807) is 32.9 Å². The number of aryl methyl sites for hydroxylation is 1. The number of nitrogens with one attached hydrogen (secondary N) is 1. The van der Waals surface area contributed by atoms with Gasteiger partial charge >= 0.3 is 5.97 Å². The van der Waals surface area contributed by atoms with E-state index in [4.69, 9.17) is 16.3 Å². The zero-order valence-corrected chi connectivity index (χ0v) is 16.2. The molecule has 0 aliphatic heterocycles. The maximum absolute atomic E-state index is 13.1. The molecular formula is C19H21ClFN3O3. The van der Waals surface area contributed by atoms with E-state index in [-0.39, 0.29) is 16.9 Å². The van der Waals surface area contributed by atoms with Crippen LogP contribution in [0, 0.1) is 18.7 Å². The monoisotopic (exact) mass is 393 g/mol. The maximum Gasteiger partial charge on any atom is 0.328 e. The van der Waals surface area contributed by atoms with Gasteiger partial charge in [0.1, 0.15) is 17.0 Å². The van der Waals surface area contributed by atoms with Crippen LogP contribution in [0.15, 0.2) is 30.3 Å². The summed E-state index contributed by atoms with van der Waals surface area (Å²) in [6.07, 6.45) is 2.80. The van der Waals surface area contributed by atoms with Gasteiger partial charge in [-0.05, 0) is 43.2 Å². The molecule has 2 rings (SSSR count). The number of aromatic nitrogens is 2. The molecule has 1 unspecified atom stereocenters. The number of amides is 1. The van der Waals surface area contributed by atoms with Gasteiger partial charge < -0.3 is 10.1 Å². The third kappa shape index (κ3) is 4.95. The highest BCUT2D eigenvalue weighted by Gasteiger charge is 2.24. The number of rotatable bonds is 6. The first-order chi connectivity index (χ1) is 12.7. The van der Waals surface area contributed by atoms with E-state index in [9.17, 15) is 14.0 Å². The number of hydrogen-bond donors (Lipinski definition) is 1. The smallest absolute Gasteiger partial charge is 0.328 e. The van der Waals surface area contributed by atoms with Crippen LogP contribution >= 0.6 is 11.6 Å². The normalized spacial score (nSPS) is 12.4. The quantitative estimate of drug-likeness (QED) is 0.603. The van der Waals surface area contributed by atoms with Gasteiger partial charge in [-0.25, -0.2) is 13.9 Å².